The Kier molecular flexibility index (Phi) is 3.05. The number of ketones is 1. The van der Waals surface area contributed by atoms with E-state index in [1.54, 1.807) is 12.3 Å². The average molecular weight is 212 g/mol. The van der Waals surface area contributed by atoms with E-state index in [0.29, 0.717) is 6.42 Å². The quantitative estimate of drug-likeness (QED) is 0.732. The fourth-order valence-corrected chi connectivity index (χ4v) is 1.43. The lowest BCUT2D eigenvalue weighted by atomic mass is 10.1. The maximum absolute atomic E-state index is 11.9. The minimum Gasteiger partial charge on any atom is -0.294 e. The van der Waals surface area contributed by atoms with Gasteiger partial charge in [0.2, 0.25) is 0 Å². The van der Waals surface area contributed by atoms with Crippen molar-refractivity contribution in [2.24, 2.45) is 0 Å². The fraction of sp³-hybridized carbons (Fsp3) is 0.154. The van der Waals surface area contributed by atoms with Crippen LogP contribution >= 0.6 is 0 Å². The highest BCUT2D eigenvalue weighted by molar-refractivity contribution is 5.97. The molecule has 0 aliphatic heterocycles. The SMILES string of the molecule is Cc1ccc(C(=O)Cc2ccncn2)cc1. The van der Waals surface area contributed by atoms with E-state index < -0.39 is 0 Å². The monoisotopic (exact) mass is 212 g/mol. The lowest BCUT2D eigenvalue weighted by Gasteiger charge is -2.00. The predicted molar refractivity (Wildman–Crippen MR) is 61.2 cm³/mol. The van der Waals surface area contributed by atoms with E-state index in [0.717, 1.165) is 16.8 Å². The summed E-state index contributed by atoms with van der Waals surface area (Å²) in [7, 11) is 0. The molecule has 0 aliphatic carbocycles. The molecule has 2 aromatic rings. The summed E-state index contributed by atoms with van der Waals surface area (Å²) >= 11 is 0. The smallest absolute Gasteiger partial charge is 0.168 e. The third kappa shape index (κ3) is 2.51. The molecule has 3 nitrogen and oxygen atoms in total. The van der Waals surface area contributed by atoms with Crippen molar-refractivity contribution in [1.82, 2.24) is 9.97 Å². The molecule has 0 unspecified atom stereocenters. The van der Waals surface area contributed by atoms with Gasteiger partial charge in [-0.3, -0.25) is 4.79 Å². The minimum absolute atomic E-state index is 0.0821. The molecule has 0 amide bonds. The van der Waals surface area contributed by atoms with Crippen molar-refractivity contribution < 1.29 is 4.79 Å². The summed E-state index contributed by atoms with van der Waals surface area (Å²) in [6.45, 7) is 2.00. The predicted octanol–water partition coefficient (Wildman–Crippen LogP) is 2.21. The van der Waals surface area contributed by atoms with Crippen LogP contribution in [0.5, 0.6) is 0 Å². The van der Waals surface area contributed by atoms with E-state index in [-0.39, 0.29) is 5.78 Å². The fourth-order valence-electron chi connectivity index (χ4n) is 1.43. The molecular formula is C13H12N2O. The lowest BCUT2D eigenvalue weighted by Crippen LogP contribution is -2.04. The van der Waals surface area contributed by atoms with Crippen molar-refractivity contribution in [3.05, 3.63) is 59.7 Å². The highest BCUT2D eigenvalue weighted by Gasteiger charge is 2.06. The van der Waals surface area contributed by atoms with Crippen molar-refractivity contribution in [2.75, 3.05) is 0 Å². The second-order valence-corrected chi connectivity index (χ2v) is 3.67. The van der Waals surface area contributed by atoms with Gasteiger partial charge < -0.3 is 0 Å². The number of carbonyl (C=O) groups is 1. The Bertz CT molecular complexity index is 477. The molecule has 3 heteroatoms. The van der Waals surface area contributed by atoms with Crippen molar-refractivity contribution in [3.8, 4) is 0 Å². The van der Waals surface area contributed by atoms with Crippen LogP contribution in [0.25, 0.3) is 0 Å². The maximum Gasteiger partial charge on any atom is 0.168 e. The van der Waals surface area contributed by atoms with Gasteiger partial charge in [0.1, 0.15) is 6.33 Å². The van der Waals surface area contributed by atoms with E-state index in [1.807, 2.05) is 31.2 Å². The Labute approximate surface area is 94.2 Å². The van der Waals surface area contributed by atoms with Crippen molar-refractivity contribution >= 4 is 5.78 Å². The number of Topliss-reactive ketones (excluding diaryl/α,β-unsaturated/α-hetero) is 1. The molecule has 0 N–H and O–H groups in total. The molecule has 16 heavy (non-hydrogen) atoms. The zero-order valence-electron chi connectivity index (χ0n) is 9.05. The van der Waals surface area contributed by atoms with Gasteiger partial charge in [-0.05, 0) is 13.0 Å². The largest absolute Gasteiger partial charge is 0.294 e. The number of hydrogen-bond acceptors (Lipinski definition) is 3. The molecule has 0 radical (unpaired) electrons. The van der Waals surface area contributed by atoms with Crippen molar-refractivity contribution in [3.63, 3.8) is 0 Å². The van der Waals surface area contributed by atoms with Gasteiger partial charge >= 0.3 is 0 Å². The van der Waals surface area contributed by atoms with Gasteiger partial charge in [-0.1, -0.05) is 29.8 Å². The number of aromatic nitrogens is 2. The molecule has 0 fully saturated rings. The van der Waals surface area contributed by atoms with Gasteiger partial charge in [0.05, 0.1) is 12.1 Å². The Hall–Kier alpha value is -2.03. The number of hydrogen-bond donors (Lipinski definition) is 0. The molecule has 1 aromatic carbocycles. The molecular weight excluding hydrogens is 200 g/mol. The van der Waals surface area contributed by atoms with Crippen LogP contribution in [0.4, 0.5) is 0 Å². The van der Waals surface area contributed by atoms with Gasteiger partial charge in [0.25, 0.3) is 0 Å². The molecule has 0 saturated heterocycles. The first-order valence-electron chi connectivity index (χ1n) is 5.10. The Morgan fingerprint density at radius 1 is 1.19 bits per heavy atom. The summed E-state index contributed by atoms with van der Waals surface area (Å²) in [5, 5.41) is 0. The summed E-state index contributed by atoms with van der Waals surface area (Å²) < 4.78 is 0. The molecule has 0 aliphatic rings. The first-order chi connectivity index (χ1) is 7.75. The standard InChI is InChI=1S/C13H12N2O/c1-10-2-4-11(5-3-10)13(16)8-12-6-7-14-9-15-12/h2-7,9H,8H2,1H3. The summed E-state index contributed by atoms with van der Waals surface area (Å²) in [5.74, 6) is 0.0821. The van der Waals surface area contributed by atoms with Crippen LogP contribution in [0.2, 0.25) is 0 Å². The molecule has 1 aromatic heterocycles. The van der Waals surface area contributed by atoms with Crippen LogP contribution in [0.1, 0.15) is 21.6 Å². The normalized spacial score (nSPS) is 10.1. The molecule has 0 spiro atoms. The van der Waals surface area contributed by atoms with Crippen LogP contribution in [0.3, 0.4) is 0 Å². The van der Waals surface area contributed by atoms with E-state index in [4.69, 9.17) is 0 Å². The van der Waals surface area contributed by atoms with Crippen LogP contribution in [0, 0.1) is 6.92 Å². The summed E-state index contributed by atoms with van der Waals surface area (Å²) in [4.78, 5) is 19.7. The molecule has 0 saturated carbocycles. The Balaban J connectivity index is 2.12. The second kappa shape index (κ2) is 4.66. The highest BCUT2D eigenvalue weighted by Crippen LogP contribution is 2.07. The van der Waals surface area contributed by atoms with Gasteiger partial charge in [-0.25, -0.2) is 9.97 Å². The topological polar surface area (TPSA) is 42.9 Å². The number of nitrogens with zero attached hydrogens (tertiary/aromatic N) is 2. The lowest BCUT2D eigenvalue weighted by molar-refractivity contribution is 0.0992. The number of benzene rings is 1. The maximum atomic E-state index is 11.9. The van der Waals surface area contributed by atoms with Gasteiger partial charge in [0, 0.05) is 11.8 Å². The van der Waals surface area contributed by atoms with E-state index >= 15 is 0 Å². The van der Waals surface area contributed by atoms with Crippen LogP contribution < -0.4 is 0 Å². The third-order valence-corrected chi connectivity index (χ3v) is 2.36. The van der Waals surface area contributed by atoms with Gasteiger partial charge in [-0.15, -0.1) is 0 Å². The van der Waals surface area contributed by atoms with Crippen LogP contribution in [-0.2, 0) is 6.42 Å². The van der Waals surface area contributed by atoms with Gasteiger partial charge in [-0.2, -0.15) is 0 Å². The van der Waals surface area contributed by atoms with E-state index in [9.17, 15) is 4.79 Å². The number of rotatable bonds is 3. The Morgan fingerprint density at radius 3 is 2.56 bits per heavy atom. The zero-order chi connectivity index (χ0) is 11.4. The molecule has 0 bridgehead atoms. The van der Waals surface area contributed by atoms with Crippen LogP contribution in [0.15, 0.2) is 42.9 Å². The first-order valence-corrected chi connectivity index (χ1v) is 5.10. The van der Waals surface area contributed by atoms with Crippen molar-refractivity contribution in [1.29, 1.82) is 0 Å². The molecule has 0 atom stereocenters. The third-order valence-electron chi connectivity index (χ3n) is 2.36. The number of carbonyl (C=O) groups excluding carboxylic acids is 1. The van der Waals surface area contributed by atoms with E-state index in [1.165, 1.54) is 6.33 Å². The summed E-state index contributed by atoms with van der Waals surface area (Å²) in [6, 6.07) is 9.32. The highest BCUT2D eigenvalue weighted by atomic mass is 16.1. The van der Waals surface area contributed by atoms with Crippen LogP contribution in [-0.4, -0.2) is 15.8 Å². The molecule has 1 heterocycles. The Morgan fingerprint density at radius 2 is 1.94 bits per heavy atom. The molecule has 80 valence electrons. The van der Waals surface area contributed by atoms with Crippen molar-refractivity contribution in [2.45, 2.75) is 13.3 Å². The summed E-state index contributed by atoms with van der Waals surface area (Å²) in [5.41, 5.74) is 2.63. The first kappa shape index (κ1) is 10.5. The second-order valence-electron chi connectivity index (χ2n) is 3.67. The summed E-state index contributed by atoms with van der Waals surface area (Å²) in [6.07, 6.45) is 3.42. The minimum atomic E-state index is 0.0821. The van der Waals surface area contributed by atoms with Gasteiger partial charge in [0.15, 0.2) is 5.78 Å². The van der Waals surface area contributed by atoms with E-state index in [2.05, 4.69) is 9.97 Å². The number of aryl methyl sites for hydroxylation is 1. The average Bonchev–Trinajstić information content (AvgIpc) is 2.31. The zero-order valence-corrected chi connectivity index (χ0v) is 9.05. The molecule has 2 rings (SSSR count).